The molecule has 0 fully saturated rings. The molecule has 2 nitrogen and oxygen atoms in total. The maximum atomic E-state index is 12.4. The molecule has 0 saturated carbocycles. The topological polar surface area (TPSA) is 34.1 Å². The van der Waals surface area contributed by atoms with Gasteiger partial charge in [-0.1, -0.05) is 52.2 Å². The van der Waals surface area contributed by atoms with Crippen LogP contribution in [0.3, 0.4) is 0 Å². The Morgan fingerprint density at radius 3 is 2.42 bits per heavy atom. The molecule has 0 amide bonds. The van der Waals surface area contributed by atoms with Crippen LogP contribution in [0, 0.1) is 0 Å². The maximum Gasteiger partial charge on any atom is 0.244 e. The number of carbonyl (C=O) groups excluding carboxylic acids is 1. The standard InChI is InChI=1S/C18H9Cl3O2S/c19-12-4-6-17-11(7-12)8-14(18(23)24-17)16(22)5-2-10-1-3-13(20)9-15(10)21/h1-9H/b5-2+. The highest BCUT2D eigenvalue weighted by Crippen LogP contribution is 2.24. The van der Waals surface area contributed by atoms with Crippen LogP contribution in [-0.2, 0) is 0 Å². The van der Waals surface area contributed by atoms with Crippen molar-refractivity contribution in [2.45, 2.75) is 0 Å². The molecule has 6 heteroatoms. The van der Waals surface area contributed by atoms with Crippen molar-refractivity contribution in [2.24, 2.45) is 0 Å². The molecule has 3 rings (SSSR count). The van der Waals surface area contributed by atoms with Gasteiger partial charge < -0.3 is 0 Å². The second-order valence-electron chi connectivity index (χ2n) is 4.99. The first-order chi connectivity index (χ1) is 11.4. The quantitative estimate of drug-likeness (QED) is 0.395. The second kappa shape index (κ2) is 7.08. The van der Waals surface area contributed by atoms with E-state index in [4.69, 9.17) is 34.8 Å². The van der Waals surface area contributed by atoms with Crippen LogP contribution < -0.4 is 4.74 Å². The van der Waals surface area contributed by atoms with Crippen LogP contribution in [0.1, 0.15) is 15.9 Å². The largest absolute Gasteiger partial charge is 0.289 e. The zero-order valence-electron chi connectivity index (χ0n) is 12.1. The monoisotopic (exact) mass is 394 g/mol. The number of ketones is 1. The smallest absolute Gasteiger partial charge is 0.244 e. The number of halogens is 3. The molecule has 0 radical (unpaired) electrons. The minimum absolute atomic E-state index is 0.108. The number of carbonyl (C=O) groups is 1. The van der Waals surface area contributed by atoms with E-state index in [0.29, 0.717) is 20.6 Å². The number of benzene rings is 2. The Labute approximate surface area is 156 Å². The summed E-state index contributed by atoms with van der Waals surface area (Å²) in [4.78, 5) is 24.5. The van der Waals surface area contributed by atoms with Gasteiger partial charge in [0.1, 0.15) is 0 Å². The third-order valence-electron chi connectivity index (χ3n) is 3.34. The molecule has 0 unspecified atom stereocenters. The summed E-state index contributed by atoms with van der Waals surface area (Å²) >= 11 is 18.9. The fourth-order valence-corrected chi connectivity index (χ4v) is 3.65. The Morgan fingerprint density at radius 1 is 0.958 bits per heavy atom. The molecule has 1 aromatic heterocycles. The lowest BCUT2D eigenvalue weighted by Crippen LogP contribution is -2.09. The Bertz CT molecular complexity index is 1040. The van der Waals surface area contributed by atoms with Gasteiger partial charge in [0.2, 0.25) is 4.74 Å². The van der Waals surface area contributed by atoms with Gasteiger partial charge in [0.15, 0.2) is 5.78 Å². The van der Waals surface area contributed by atoms with E-state index in [-0.39, 0.29) is 16.1 Å². The molecule has 0 saturated heterocycles. The summed E-state index contributed by atoms with van der Waals surface area (Å²) in [6.07, 6.45) is 2.89. The fraction of sp³-hybridized carbons (Fsp3) is 0. The maximum absolute atomic E-state index is 12.4. The zero-order chi connectivity index (χ0) is 17.3. The summed E-state index contributed by atoms with van der Waals surface area (Å²) in [6.45, 7) is 0. The Kier molecular flexibility index (Phi) is 5.07. The Morgan fingerprint density at radius 2 is 1.67 bits per heavy atom. The molecular formula is C18H9Cl3O2S. The number of allylic oxidation sites excluding steroid dienone is 1. The third kappa shape index (κ3) is 3.70. The molecule has 0 atom stereocenters. The first-order valence-electron chi connectivity index (χ1n) is 6.85. The molecule has 0 aliphatic carbocycles. The summed E-state index contributed by atoms with van der Waals surface area (Å²) in [5.74, 6) is -0.385. The van der Waals surface area contributed by atoms with Gasteiger partial charge in [-0.15, -0.1) is 0 Å². The van der Waals surface area contributed by atoms with Gasteiger partial charge in [-0.3, -0.25) is 9.59 Å². The van der Waals surface area contributed by atoms with E-state index in [2.05, 4.69) is 0 Å². The molecule has 0 bridgehead atoms. The Hall–Kier alpha value is -1.65. The lowest BCUT2D eigenvalue weighted by atomic mass is 10.1. The van der Waals surface area contributed by atoms with Crippen molar-refractivity contribution in [3.05, 3.63) is 84.3 Å². The van der Waals surface area contributed by atoms with Crippen LogP contribution in [0.4, 0.5) is 0 Å². The highest BCUT2D eigenvalue weighted by molar-refractivity contribution is 7.16. The molecule has 0 N–H and O–H groups in total. The number of hydrogen-bond donors (Lipinski definition) is 0. The minimum atomic E-state index is -0.385. The molecule has 120 valence electrons. The van der Waals surface area contributed by atoms with Gasteiger partial charge in [-0.05, 0) is 59.5 Å². The van der Waals surface area contributed by atoms with E-state index in [9.17, 15) is 9.59 Å². The van der Waals surface area contributed by atoms with Crippen LogP contribution in [-0.4, -0.2) is 5.78 Å². The van der Waals surface area contributed by atoms with Crippen LogP contribution in [0.15, 0.2) is 53.3 Å². The van der Waals surface area contributed by atoms with Gasteiger partial charge in [-0.2, -0.15) is 0 Å². The number of rotatable bonds is 3. The van der Waals surface area contributed by atoms with Crippen LogP contribution in [0.25, 0.3) is 16.2 Å². The molecule has 3 aromatic rings. The number of hydrogen-bond acceptors (Lipinski definition) is 3. The van der Waals surface area contributed by atoms with Crippen molar-refractivity contribution in [3.8, 4) is 0 Å². The van der Waals surface area contributed by atoms with E-state index in [1.54, 1.807) is 48.5 Å². The van der Waals surface area contributed by atoms with Crippen molar-refractivity contribution < 1.29 is 4.79 Å². The van der Waals surface area contributed by atoms with Crippen molar-refractivity contribution in [2.75, 3.05) is 0 Å². The van der Waals surface area contributed by atoms with Crippen molar-refractivity contribution in [1.82, 2.24) is 0 Å². The summed E-state index contributed by atoms with van der Waals surface area (Å²) in [5.41, 5.74) is 0.755. The van der Waals surface area contributed by atoms with Crippen LogP contribution in [0.5, 0.6) is 0 Å². The highest BCUT2D eigenvalue weighted by atomic mass is 35.5. The third-order valence-corrected chi connectivity index (χ3v) is 5.13. The molecule has 24 heavy (non-hydrogen) atoms. The summed E-state index contributed by atoms with van der Waals surface area (Å²) in [6, 6.07) is 11.7. The molecule has 0 spiro atoms. The minimum Gasteiger partial charge on any atom is -0.289 e. The molecule has 2 aromatic carbocycles. The molecule has 1 heterocycles. The van der Waals surface area contributed by atoms with E-state index < -0.39 is 0 Å². The lowest BCUT2D eigenvalue weighted by molar-refractivity contribution is 0.104. The highest BCUT2D eigenvalue weighted by Gasteiger charge is 2.10. The van der Waals surface area contributed by atoms with Crippen molar-refractivity contribution in [1.29, 1.82) is 0 Å². The first-order valence-corrected chi connectivity index (χ1v) is 8.80. The van der Waals surface area contributed by atoms with Gasteiger partial charge in [0.05, 0.1) is 5.56 Å². The second-order valence-corrected chi connectivity index (χ2v) is 7.29. The zero-order valence-corrected chi connectivity index (χ0v) is 15.1. The van der Waals surface area contributed by atoms with Gasteiger partial charge >= 0.3 is 0 Å². The average molecular weight is 396 g/mol. The lowest BCUT2D eigenvalue weighted by Gasteiger charge is -2.01. The van der Waals surface area contributed by atoms with E-state index in [0.717, 1.165) is 21.4 Å². The van der Waals surface area contributed by atoms with Crippen molar-refractivity contribution >= 4 is 68.1 Å². The SMILES string of the molecule is O=C(/C=C/c1ccc(Cl)cc1Cl)c1cc2cc(Cl)ccc2sc1=O. The molecular weight excluding hydrogens is 387 g/mol. The van der Waals surface area contributed by atoms with E-state index in [1.165, 1.54) is 6.08 Å². The van der Waals surface area contributed by atoms with Crippen LogP contribution in [0.2, 0.25) is 15.1 Å². The van der Waals surface area contributed by atoms with E-state index >= 15 is 0 Å². The van der Waals surface area contributed by atoms with Gasteiger partial charge in [-0.25, -0.2) is 0 Å². The van der Waals surface area contributed by atoms with E-state index in [1.807, 2.05) is 0 Å². The number of fused-ring (bicyclic) bond motifs is 1. The molecule has 0 aliphatic rings. The fourth-order valence-electron chi connectivity index (χ4n) is 2.16. The summed E-state index contributed by atoms with van der Waals surface area (Å²) in [5, 5.41) is 2.25. The predicted octanol–water partition coefficient (Wildman–Crippen LogP) is 6.12. The normalized spacial score (nSPS) is 11.3. The van der Waals surface area contributed by atoms with Gasteiger partial charge in [0.25, 0.3) is 0 Å². The van der Waals surface area contributed by atoms with Crippen molar-refractivity contribution in [3.63, 3.8) is 0 Å². The summed E-state index contributed by atoms with van der Waals surface area (Å²) in [7, 11) is 0. The average Bonchev–Trinajstić information content (AvgIpc) is 2.53. The van der Waals surface area contributed by atoms with Crippen LogP contribution >= 0.6 is 46.1 Å². The first kappa shape index (κ1) is 17.2. The predicted molar refractivity (Wildman–Crippen MR) is 103 cm³/mol. The molecule has 0 aliphatic heterocycles. The Balaban J connectivity index is 1.97. The van der Waals surface area contributed by atoms with Gasteiger partial charge in [0, 0.05) is 19.8 Å². The summed E-state index contributed by atoms with van der Waals surface area (Å²) < 4.78 is 0.493.